The summed E-state index contributed by atoms with van der Waals surface area (Å²) in [7, 11) is 0. The molecule has 4 heteroatoms. The molecule has 1 aliphatic heterocycles. The van der Waals surface area contributed by atoms with E-state index in [0.29, 0.717) is 0 Å². The highest BCUT2D eigenvalue weighted by molar-refractivity contribution is 5.82. The lowest BCUT2D eigenvalue weighted by molar-refractivity contribution is -0.124. The first-order valence-corrected chi connectivity index (χ1v) is 5.99. The van der Waals surface area contributed by atoms with Crippen molar-refractivity contribution in [2.45, 2.75) is 56.7 Å². The largest absolute Gasteiger partial charge is 0.391 e. The van der Waals surface area contributed by atoms with Gasteiger partial charge in [0.2, 0.25) is 5.91 Å². The summed E-state index contributed by atoms with van der Waals surface area (Å²) in [6, 6.07) is -0.0484. The Balaban J connectivity index is 1.81. The molecule has 1 amide bonds. The minimum absolute atomic E-state index is 0.0198. The summed E-state index contributed by atoms with van der Waals surface area (Å²) in [5.74, 6) is 0.0680. The van der Waals surface area contributed by atoms with Crippen molar-refractivity contribution in [2.75, 3.05) is 6.54 Å². The summed E-state index contributed by atoms with van der Waals surface area (Å²) >= 11 is 0. The van der Waals surface area contributed by atoms with Crippen LogP contribution in [0, 0.1) is 0 Å². The van der Waals surface area contributed by atoms with Crippen molar-refractivity contribution in [2.24, 2.45) is 0 Å². The van der Waals surface area contributed by atoms with Crippen LogP contribution >= 0.6 is 0 Å². The van der Waals surface area contributed by atoms with Gasteiger partial charge in [0.15, 0.2) is 0 Å². The monoisotopic (exact) mass is 212 g/mol. The van der Waals surface area contributed by atoms with Crippen LogP contribution in [0.5, 0.6) is 0 Å². The Hall–Kier alpha value is -0.610. The third kappa shape index (κ3) is 2.69. The first kappa shape index (κ1) is 10.9. The van der Waals surface area contributed by atoms with E-state index in [2.05, 4.69) is 10.6 Å². The van der Waals surface area contributed by atoms with Crippen LogP contribution < -0.4 is 10.6 Å². The van der Waals surface area contributed by atoms with Gasteiger partial charge in [0, 0.05) is 0 Å². The predicted octanol–water partition coefficient (Wildman–Crippen LogP) is 0.158. The van der Waals surface area contributed by atoms with Gasteiger partial charge in [-0.2, -0.15) is 0 Å². The van der Waals surface area contributed by atoms with Gasteiger partial charge in [-0.3, -0.25) is 4.79 Å². The van der Waals surface area contributed by atoms with E-state index in [-0.39, 0.29) is 24.1 Å². The standard InChI is InChI=1S/C11H20N2O2/c14-10-6-2-1-4-8(10)13-11(15)9-5-3-7-12-9/h8-10,12,14H,1-7H2,(H,13,15)/t8-,9?,10-/m0/s1. The van der Waals surface area contributed by atoms with Crippen LogP contribution in [0.25, 0.3) is 0 Å². The Bertz CT molecular complexity index is 227. The van der Waals surface area contributed by atoms with Gasteiger partial charge in [-0.15, -0.1) is 0 Å². The van der Waals surface area contributed by atoms with Crippen LogP contribution in [0.4, 0.5) is 0 Å². The maximum absolute atomic E-state index is 11.8. The molecule has 0 aromatic carbocycles. The minimum atomic E-state index is -0.343. The zero-order chi connectivity index (χ0) is 10.7. The Morgan fingerprint density at radius 2 is 2.00 bits per heavy atom. The molecule has 3 atom stereocenters. The molecule has 86 valence electrons. The van der Waals surface area contributed by atoms with E-state index < -0.39 is 0 Å². The number of rotatable bonds is 2. The number of nitrogens with one attached hydrogen (secondary N) is 2. The van der Waals surface area contributed by atoms with E-state index in [9.17, 15) is 9.90 Å². The van der Waals surface area contributed by atoms with Crippen LogP contribution in [-0.4, -0.2) is 35.7 Å². The molecule has 2 aliphatic rings. The average molecular weight is 212 g/mol. The van der Waals surface area contributed by atoms with E-state index in [1.54, 1.807) is 0 Å². The molecule has 3 N–H and O–H groups in total. The van der Waals surface area contributed by atoms with Crippen LogP contribution in [-0.2, 0) is 4.79 Å². The first-order valence-electron chi connectivity index (χ1n) is 5.99. The molecule has 2 rings (SSSR count). The van der Waals surface area contributed by atoms with E-state index in [1.165, 1.54) is 0 Å². The highest BCUT2D eigenvalue weighted by atomic mass is 16.3. The van der Waals surface area contributed by atoms with Crippen molar-refractivity contribution in [3.05, 3.63) is 0 Å². The summed E-state index contributed by atoms with van der Waals surface area (Å²) in [5.41, 5.74) is 0. The number of aliphatic hydroxyl groups excluding tert-OH is 1. The molecular formula is C11H20N2O2. The molecule has 4 nitrogen and oxygen atoms in total. The van der Waals surface area contributed by atoms with Crippen molar-refractivity contribution >= 4 is 5.91 Å². The van der Waals surface area contributed by atoms with Crippen molar-refractivity contribution in [3.8, 4) is 0 Å². The number of carbonyl (C=O) groups excluding carboxylic acids is 1. The van der Waals surface area contributed by atoms with Gasteiger partial charge in [-0.25, -0.2) is 0 Å². The second kappa shape index (κ2) is 4.94. The van der Waals surface area contributed by atoms with Crippen LogP contribution in [0.1, 0.15) is 38.5 Å². The van der Waals surface area contributed by atoms with E-state index >= 15 is 0 Å². The maximum atomic E-state index is 11.8. The van der Waals surface area contributed by atoms with E-state index in [1.807, 2.05) is 0 Å². The molecule has 1 saturated heterocycles. The fourth-order valence-electron chi connectivity index (χ4n) is 2.47. The molecule has 1 saturated carbocycles. The van der Waals surface area contributed by atoms with Crippen molar-refractivity contribution < 1.29 is 9.90 Å². The normalized spacial score (nSPS) is 36.5. The molecule has 0 spiro atoms. The average Bonchev–Trinajstić information content (AvgIpc) is 2.74. The fraction of sp³-hybridized carbons (Fsp3) is 0.909. The van der Waals surface area contributed by atoms with Crippen LogP contribution in [0.2, 0.25) is 0 Å². The number of aliphatic hydroxyl groups is 1. The molecule has 15 heavy (non-hydrogen) atoms. The predicted molar refractivity (Wildman–Crippen MR) is 57.4 cm³/mol. The second-order valence-electron chi connectivity index (χ2n) is 4.62. The molecule has 0 bridgehead atoms. The van der Waals surface area contributed by atoms with Crippen molar-refractivity contribution in [1.82, 2.24) is 10.6 Å². The smallest absolute Gasteiger partial charge is 0.237 e. The van der Waals surface area contributed by atoms with Gasteiger partial charge in [0.25, 0.3) is 0 Å². The zero-order valence-electron chi connectivity index (χ0n) is 9.04. The van der Waals surface area contributed by atoms with Gasteiger partial charge < -0.3 is 15.7 Å². The lowest BCUT2D eigenvalue weighted by atomic mass is 9.92. The Morgan fingerprint density at radius 3 is 2.67 bits per heavy atom. The summed E-state index contributed by atoms with van der Waals surface area (Å²) in [4.78, 5) is 11.8. The summed E-state index contributed by atoms with van der Waals surface area (Å²) in [6.07, 6.45) is 5.59. The first-order chi connectivity index (χ1) is 7.27. The number of carbonyl (C=O) groups is 1. The van der Waals surface area contributed by atoms with Gasteiger partial charge in [-0.05, 0) is 32.2 Å². The fourth-order valence-corrected chi connectivity index (χ4v) is 2.47. The maximum Gasteiger partial charge on any atom is 0.237 e. The highest BCUT2D eigenvalue weighted by Gasteiger charge is 2.28. The number of hydrogen-bond donors (Lipinski definition) is 3. The summed E-state index contributed by atoms with van der Waals surface area (Å²) < 4.78 is 0. The molecule has 1 heterocycles. The third-order valence-corrected chi connectivity index (χ3v) is 3.43. The number of amides is 1. The molecule has 0 aromatic rings. The summed E-state index contributed by atoms with van der Waals surface area (Å²) in [6.45, 7) is 0.936. The lowest BCUT2D eigenvalue weighted by Gasteiger charge is -2.29. The van der Waals surface area contributed by atoms with Gasteiger partial charge in [0.1, 0.15) is 0 Å². The van der Waals surface area contributed by atoms with E-state index in [0.717, 1.165) is 45.1 Å². The van der Waals surface area contributed by atoms with Gasteiger partial charge in [0.05, 0.1) is 18.2 Å². The second-order valence-corrected chi connectivity index (χ2v) is 4.62. The van der Waals surface area contributed by atoms with E-state index in [4.69, 9.17) is 0 Å². The van der Waals surface area contributed by atoms with Gasteiger partial charge in [-0.1, -0.05) is 12.8 Å². The van der Waals surface area contributed by atoms with Crippen molar-refractivity contribution in [3.63, 3.8) is 0 Å². The minimum Gasteiger partial charge on any atom is -0.391 e. The SMILES string of the molecule is O=C(N[C@H]1CCCC[C@@H]1O)C1CCCN1. The number of hydrogen-bond acceptors (Lipinski definition) is 3. The Labute approximate surface area is 90.4 Å². The molecular weight excluding hydrogens is 192 g/mol. The molecule has 0 aromatic heterocycles. The Morgan fingerprint density at radius 1 is 1.20 bits per heavy atom. The molecule has 1 aliphatic carbocycles. The zero-order valence-corrected chi connectivity index (χ0v) is 9.04. The third-order valence-electron chi connectivity index (χ3n) is 3.43. The van der Waals surface area contributed by atoms with Crippen LogP contribution in [0.15, 0.2) is 0 Å². The van der Waals surface area contributed by atoms with Crippen molar-refractivity contribution in [1.29, 1.82) is 0 Å². The lowest BCUT2D eigenvalue weighted by Crippen LogP contribution is -2.50. The quantitative estimate of drug-likeness (QED) is 0.611. The topological polar surface area (TPSA) is 61.4 Å². The van der Waals surface area contributed by atoms with Crippen LogP contribution in [0.3, 0.4) is 0 Å². The molecule has 0 radical (unpaired) electrons. The van der Waals surface area contributed by atoms with Gasteiger partial charge >= 0.3 is 0 Å². The highest BCUT2D eigenvalue weighted by Crippen LogP contribution is 2.18. The Kier molecular flexibility index (Phi) is 3.59. The summed E-state index contributed by atoms with van der Waals surface area (Å²) in [5, 5.41) is 15.9. The molecule has 1 unspecified atom stereocenters. The molecule has 2 fully saturated rings.